The predicted molar refractivity (Wildman–Crippen MR) is 108 cm³/mol. The maximum Gasteiger partial charge on any atom is 0.223 e. The van der Waals surface area contributed by atoms with Crippen LogP contribution in [0, 0.1) is 5.92 Å². The number of rotatable bonds is 7. The van der Waals surface area contributed by atoms with Gasteiger partial charge in [-0.3, -0.25) is 9.69 Å². The van der Waals surface area contributed by atoms with Crippen molar-refractivity contribution in [3.8, 4) is 11.5 Å². The van der Waals surface area contributed by atoms with E-state index in [1.165, 1.54) is 0 Å². The topological polar surface area (TPSA) is 81.5 Å². The molecule has 156 valence electrons. The SMILES string of the molecule is COc1cc(CN2CCc3nnc([C@H](C)NC(=O)C4CC4)n3CC2)cc(OC)c1. The minimum absolute atomic E-state index is 0.126. The number of carbonyl (C=O) groups excluding carboxylic acids is 1. The van der Waals surface area contributed by atoms with E-state index < -0.39 is 0 Å². The molecule has 1 aliphatic carbocycles. The molecule has 0 unspecified atom stereocenters. The Balaban J connectivity index is 1.42. The predicted octanol–water partition coefficient (Wildman–Crippen LogP) is 1.94. The third-order valence-electron chi connectivity index (χ3n) is 5.66. The summed E-state index contributed by atoms with van der Waals surface area (Å²) in [5.74, 6) is 3.76. The second-order valence-corrected chi connectivity index (χ2v) is 7.88. The molecule has 0 bridgehead atoms. The minimum atomic E-state index is -0.126. The first-order valence-corrected chi connectivity index (χ1v) is 10.2. The van der Waals surface area contributed by atoms with Gasteiger partial charge in [0.15, 0.2) is 5.82 Å². The van der Waals surface area contributed by atoms with Gasteiger partial charge in [-0.25, -0.2) is 0 Å². The van der Waals surface area contributed by atoms with Crippen LogP contribution in [-0.4, -0.2) is 52.9 Å². The Morgan fingerprint density at radius 1 is 1.14 bits per heavy atom. The van der Waals surface area contributed by atoms with E-state index in [1.807, 2.05) is 13.0 Å². The number of carbonyl (C=O) groups is 1. The van der Waals surface area contributed by atoms with Gasteiger partial charge in [0.05, 0.1) is 20.3 Å². The molecule has 29 heavy (non-hydrogen) atoms. The van der Waals surface area contributed by atoms with E-state index in [4.69, 9.17) is 9.47 Å². The summed E-state index contributed by atoms with van der Waals surface area (Å²) in [6.07, 6.45) is 2.83. The van der Waals surface area contributed by atoms with Gasteiger partial charge in [0.2, 0.25) is 5.91 Å². The van der Waals surface area contributed by atoms with Crippen LogP contribution in [0.25, 0.3) is 0 Å². The van der Waals surface area contributed by atoms with E-state index in [0.717, 1.165) is 74.2 Å². The van der Waals surface area contributed by atoms with E-state index in [0.29, 0.717) is 0 Å². The summed E-state index contributed by atoms with van der Waals surface area (Å²) in [6.45, 7) is 5.40. The Hall–Kier alpha value is -2.61. The van der Waals surface area contributed by atoms with Crippen molar-refractivity contribution >= 4 is 5.91 Å². The molecule has 1 aromatic carbocycles. The highest BCUT2D eigenvalue weighted by molar-refractivity contribution is 5.81. The molecule has 1 aromatic heterocycles. The zero-order valence-electron chi connectivity index (χ0n) is 17.4. The molecule has 1 saturated carbocycles. The average molecular weight is 399 g/mol. The molecule has 2 aromatic rings. The first kappa shape index (κ1) is 19.7. The lowest BCUT2D eigenvalue weighted by Crippen LogP contribution is -2.31. The molecule has 4 rings (SSSR count). The molecular weight excluding hydrogens is 370 g/mol. The van der Waals surface area contributed by atoms with Crippen molar-refractivity contribution in [2.45, 2.75) is 45.3 Å². The average Bonchev–Trinajstić information content (AvgIpc) is 3.53. The Kier molecular flexibility index (Phi) is 5.71. The van der Waals surface area contributed by atoms with E-state index in [1.54, 1.807) is 14.2 Å². The zero-order valence-corrected chi connectivity index (χ0v) is 17.4. The summed E-state index contributed by atoms with van der Waals surface area (Å²) in [5, 5.41) is 11.9. The van der Waals surface area contributed by atoms with Crippen LogP contribution in [0.15, 0.2) is 18.2 Å². The smallest absolute Gasteiger partial charge is 0.223 e. The van der Waals surface area contributed by atoms with E-state index in [2.05, 4.69) is 37.1 Å². The van der Waals surface area contributed by atoms with Gasteiger partial charge in [-0.15, -0.1) is 10.2 Å². The molecule has 1 aliphatic heterocycles. The number of methoxy groups -OCH3 is 2. The molecule has 0 radical (unpaired) electrons. The minimum Gasteiger partial charge on any atom is -0.497 e. The van der Waals surface area contributed by atoms with Gasteiger partial charge in [-0.1, -0.05) is 0 Å². The van der Waals surface area contributed by atoms with Gasteiger partial charge in [0, 0.05) is 44.6 Å². The molecule has 2 heterocycles. The van der Waals surface area contributed by atoms with Crippen LogP contribution in [0.3, 0.4) is 0 Å². The lowest BCUT2D eigenvalue weighted by molar-refractivity contribution is -0.123. The normalized spacial score (nSPS) is 17.9. The molecule has 8 nitrogen and oxygen atoms in total. The van der Waals surface area contributed by atoms with E-state index in [-0.39, 0.29) is 17.9 Å². The molecule has 1 fully saturated rings. The summed E-state index contributed by atoms with van der Waals surface area (Å²) in [4.78, 5) is 14.5. The van der Waals surface area contributed by atoms with Crippen LogP contribution in [0.1, 0.15) is 43.0 Å². The zero-order chi connectivity index (χ0) is 20.4. The van der Waals surface area contributed by atoms with Crippen molar-refractivity contribution in [3.05, 3.63) is 35.4 Å². The van der Waals surface area contributed by atoms with Crippen molar-refractivity contribution in [1.82, 2.24) is 25.0 Å². The van der Waals surface area contributed by atoms with Gasteiger partial charge >= 0.3 is 0 Å². The summed E-state index contributed by atoms with van der Waals surface area (Å²) in [5.41, 5.74) is 1.16. The van der Waals surface area contributed by atoms with Gasteiger partial charge in [0.25, 0.3) is 0 Å². The van der Waals surface area contributed by atoms with Crippen molar-refractivity contribution in [2.75, 3.05) is 27.3 Å². The Labute approximate surface area is 171 Å². The van der Waals surface area contributed by atoms with Crippen LogP contribution >= 0.6 is 0 Å². The Bertz CT molecular complexity index is 855. The quantitative estimate of drug-likeness (QED) is 0.766. The molecule has 1 atom stereocenters. The van der Waals surface area contributed by atoms with Gasteiger partial charge in [-0.2, -0.15) is 0 Å². The van der Waals surface area contributed by atoms with Gasteiger partial charge in [-0.05, 0) is 37.5 Å². The summed E-state index contributed by atoms with van der Waals surface area (Å²) in [7, 11) is 3.34. The molecule has 8 heteroatoms. The molecule has 1 amide bonds. The number of ether oxygens (including phenoxy) is 2. The maximum atomic E-state index is 12.1. The van der Waals surface area contributed by atoms with Crippen LogP contribution in [-0.2, 0) is 24.3 Å². The van der Waals surface area contributed by atoms with E-state index in [9.17, 15) is 4.79 Å². The fourth-order valence-corrected chi connectivity index (χ4v) is 3.82. The largest absolute Gasteiger partial charge is 0.497 e. The fourth-order valence-electron chi connectivity index (χ4n) is 3.82. The summed E-state index contributed by atoms with van der Waals surface area (Å²) in [6, 6.07) is 5.86. The summed E-state index contributed by atoms with van der Waals surface area (Å²) < 4.78 is 12.9. The fraction of sp³-hybridized carbons (Fsp3) is 0.571. The lowest BCUT2D eigenvalue weighted by atomic mass is 10.2. The number of nitrogens with zero attached hydrogens (tertiary/aromatic N) is 4. The second kappa shape index (κ2) is 8.41. The summed E-state index contributed by atoms with van der Waals surface area (Å²) >= 11 is 0. The highest BCUT2D eigenvalue weighted by Gasteiger charge is 2.31. The first-order valence-electron chi connectivity index (χ1n) is 10.2. The van der Waals surface area contributed by atoms with Crippen LogP contribution in [0.5, 0.6) is 11.5 Å². The van der Waals surface area contributed by atoms with Crippen LogP contribution in [0.2, 0.25) is 0 Å². The molecule has 1 N–H and O–H groups in total. The van der Waals surface area contributed by atoms with Crippen molar-refractivity contribution < 1.29 is 14.3 Å². The standard InChI is InChI=1S/C21H29N5O3/c1-14(22-21(27)16-4-5-16)20-24-23-19-6-7-25(8-9-26(19)20)13-15-10-17(28-2)12-18(11-15)29-3/h10-12,14,16H,4-9,13H2,1-3H3,(H,22,27)/t14-/m0/s1. The first-order chi connectivity index (χ1) is 14.1. The highest BCUT2D eigenvalue weighted by Crippen LogP contribution is 2.30. The van der Waals surface area contributed by atoms with Crippen LogP contribution in [0.4, 0.5) is 0 Å². The highest BCUT2D eigenvalue weighted by atomic mass is 16.5. The monoisotopic (exact) mass is 399 g/mol. The Morgan fingerprint density at radius 3 is 2.52 bits per heavy atom. The van der Waals surface area contributed by atoms with Crippen LogP contribution < -0.4 is 14.8 Å². The van der Waals surface area contributed by atoms with Gasteiger partial charge in [0.1, 0.15) is 17.3 Å². The number of benzene rings is 1. The van der Waals surface area contributed by atoms with E-state index >= 15 is 0 Å². The molecular formula is C21H29N5O3. The number of hydrogen-bond acceptors (Lipinski definition) is 6. The molecule has 0 saturated heterocycles. The number of nitrogens with one attached hydrogen (secondary N) is 1. The van der Waals surface area contributed by atoms with Gasteiger partial charge < -0.3 is 19.4 Å². The Morgan fingerprint density at radius 2 is 1.86 bits per heavy atom. The molecule has 0 spiro atoms. The maximum absolute atomic E-state index is 12.1. The van der Waals surface area contributed by atoms with Crippen molar-refractivity contribution in [2.24, 2.45) is 5.92 Å². The number of aromatic nitrogens is 3. The second-order valence-electron chi connectivity index (χ2n) is 7.88. The van der Waals surface area contributed by atoms with Crippen molar-refractivity contribution in [1.29, 1.82) is 0 Å². The number of hydrogen-bond donors (Lipinski definition) is 1. The lowest BCUT2D eigenvalue weighted by Gasteiger charge is -2.21. The molecule has 2 aliphatic rings. The number of fused-ring (bicyclic) bond motifs is 1. The number of amides is 1. The third kappa shape index (κ3) is 4.53. The van der Waals surface area contributed by atoms with Crippen molar-refractivity contribution in [3.63, 3.8) is 0 Å². The third-order valence-corrected chi connectivity index (χ3v) is 5.66.